The van der Waals surface area contributed by atoms with E-state index in [-0.39, 0.29) is 24.6 Å². The topological polar surface area (TPSA) is 102 Å². The quantitative estimate of drug-likeness (QED) is 0.474. The number of β-amino-alcohol motifs (C(OH)–C–C–N with tert-alkyl or cyclic N) is 1. The first-order valence-corrected chi connectivity index (χ1v) is 10.5. The normalized spacial score (nSPS) is 17.8. The summed E-state index contributed by atoms with van der Waals surface area (Å²) in [6.45, 7) is 0.0593. The van der Waals surface area contributed by atoms with Gasteiger partial charge in [-0.15, -0.1) is 0 Å². The van der Waals surface area contributed by atoms with Crippen molar-refractivity contribution in [3.63, 3.8) is 0 Å². The number of urea groups is 1. The first kappa shape index (κ1) is 21.7. The number of aromatic hydroxyl groups is 1. The van der Waals surface area contributed by atoms with E-state index in [2.05, 4.69) is 10.6 Å². The molecule has 3 amide bonds. The van der Waals surface area contributed by atoms with E-state index >= 15 is 0 Å². The van der Waals surface area contributed by atoms with Gasteiger partial charge in [0, 0.05) is 34.9 Å². The fourth-order valence-corrected chi connectivity index (χ4v) is 3.82. The smallest absolute Gasteiger partial charge is 0.322 e. The Morgan fingerprint density at radius 2 is 1.53 bits per heavy atom. The maximum Gasteiger partial charge on any atom is 0.322 e. The fraction of sp³-hybridized carbons (Fsp3) is 0.167. The number of benzene rings is 3. The summed E-state index contributed by atoms with van der Waals surface area (Å²) >= 11 is 5.87. The van der Waals surface area contributed by atoms with E-state index in [9.17, 15) is 19.8 Å². The summed E-state index contributed by atoms with van der Waals surface area (Å²) in [6, 6.07) is 19.4. The minimum Gasteiger partial charge on any atom is -0.507 e. The molecule has 8 heteroatoms. The van der Waals surface area contributed by atoms with Crippen LogP contribution in [0.25, 0.3) is 11.1 Å². The summed E-state index contributed by atoms with van der Waals surface area (Å²) < 4.78 is 0. The minimum absolute atomic E-state index is 0.0593. The first-order valence-electron chi connectivity index (χ1n) is 10.1. The Morgan fingerprint density at radius 3 is 2.22 bits per heavy atom. The average Bonchev–Trinajstić information content (AvgIpc) is 3.18. The highest BCUT2D eigenvalue weighted by Gasteiger charge is 2.39. The molecule has 0 unspecified atom stereocenters. The first-order chi connectivity index (χ1) is 15.4. The van der Waals surface area contributed by atoms with Crippen LogP contribution >= 0.6 is 11.6 Å². The lowest BCUT2D eigenvalue weighted by atomic mass is 10.0. The monoisotopic (exact) mass is 451 g/mol. The molecule has 0 aliphatic carbocycles. The van der Waals surface area contributed by atoms with Gasteiger partial charge in [-0.3, -0.25) is 4.79 Å². The molecule has 0 radical (unpaired) electrons. The molecule has 3 aromatic rings. The van der Waals surface area contributed by atoms with Crippen LogP contribution < -0.4 is 10.6 Å². The Hall–Kier alpha value is -3.55. The Morgan fingerprint density at radius 1 is 0.906 bits per heavy atom. The fourth-order valence-electron chi connectivity index (χ4n) is 3.69. The number of para-hydroxylation sites is 1. The van der Waals surface area contributed by atoms with Crippen LogP contribution in [0.15, 0.2) is 72.8 Å². The minimum atomic E-state index is -0.810. The zero-order valence-corrected chi connectivity index (χ0v) is 17.8. The molecule has 2 atom stereocenters. The Balaban J connectivity index is 1.43. The number of likely N-dealkylation sites (tertiary alicyclic amines) is 1. The highest BCUT2D eigenvalue weighted by atomic mass is 35.5. The number of halogens is 1. The summed E-state index contributed by atoms with van der Waals surface area (Å²) in [5.41, 5.74) is 2.59. The number of rotatable bonds is 4. The molecule has 3 aromatic carbocycles. The molecule has 0 aromatic heterocycles. The van der Waals surface area contributed by atoms with Gasteiger partial charge in [0.1, 0.15) is 11.8 Å². The molecule has 1 fully saturated rings. The summed E-state index contributed by atoms with van der Waals surface area (Å²) in [6.07, 6.45) is -0.638. The van der Waals surface area contributed by atoms with Gasteiger partial charge >= 0.3 is 6.03 Å². The summed E-state index contributed by atoms with van der Waals surface area (Å²) in [7, 11) is 0. The van der Waals surface area contributed by atoms with Crippen LogP contribution in [0.5, 0.6) is 5.75 Å². The van der Waals surface area contributed by atoms with Gasteiger partial charge in [0.2, 0.25) is 5.91 Å². The predicted octanol–water partition coefficient (Wildman–Crippen LogP) is 4.32. The summed E-state index contributed by atoms with van der Waals surface area (Å²) in [5.74, 6) is -0.213. The van der Waals surface area contributed by atoms with Crippen molar-refractivity contribution in [2.24, 2.45) is 0 Å². The molecular weight excluding hydrogens is 430 g/mol. The molecule has 4 rings (SSSR count). The highest BCUT2D eigenvalue weighted by molar-refractivity contribution is 6.30. The van der Waals surface area contributed by atoms with Gasteiger partial charge in [-0.2, -0.15) is 0 Å². The van der Waals surface area contributed by atoms with Gasteiger partial charge in [0.15, 0.2) is 0 Å². The Labute approximate surface area is 190 Å². The second-order valence-electron chi connectivity index (χ2n) is 7.58. The van der Waals surface area contributed by atoms with E-state index in [4.69, 9.17) is 11.6 Å². The van der Waals surface area contributed by atoms with Crippen LogP contribution in [-0.4, -0.2) is 45.7 Å². The van der Waals surface area contributed by atoms with Crippen molar-refractivity contribution in [2.45, 2.75) is 18.6 Å². The SMILES string of the molecule is O=C(Nc1ccc(-c2ccccc2O)cc1)[C@H]1C[C@@H](O)CN1C(=O)Nc1ccc(Cl)cc1. The third-order valence-corrected chi connectivity index (χ3v) is 5.56. The molecule has 1 saturated heterocycles. The second-order valence-corrected chi connectivity index (χ2v) is 8.01. The molecule has 0 bridgehead atoms. The number of aliphatic hydroxyl groups excluding tert-OH is 1. The molecule has 4 N–H and O–H groups in total. The molecule has 164 valence electrons. The van der Waals surface area contributed by atoms with Gasteiger partial charge in [0.05, 0.1) is 6.10 Å². The number of nitrogens with one attached hydrogen (secondary N) is 2. The van der Waals surface area contributed by atoms with Crippen LogP contribution in [0.4, 0.5) is 16.2 Å². The Kier molecular flexibility index (Phi) is 6.30. The van der Waals surface area contributed by atoms with E-state index in [1.54, 1.807) is 66.7 Å². The number of phenolic OH excluding ortho intramolecular Hbond substituents is 1. The van der Waals surface area contributed by atoms with Gasteiger partial charge in [0.25, 0.3) is 0 Å². The maximum atomic E-state index is 12.9. The van der Waals surface area contributed by atoms with E-state index in [0.717, 1.165) is 5.56 Å². The number of anilines is 2. The lowest BCUT2D eigenvalue weighted by Gasteiger charge is -2.24. The van der Waals surface area contributed by atoms with Crippen LogP contribution in [0.3, 0.4) is 0 Å². The molecule has 0 spiro atoms. The number of aliphatic hydroxyl groups is 1. The number of nitrogens with zero attached hydrogens (tertiary/aromatic N) is 1. The van der Waals surface area contributed by atoms with Gasteiger partial charge in [-0.1, -0.05) is 41.9 Å². The maximum absolute atomic E-state index is 12.9. The second kappa shape index (κ2) is 9.30. The van der Waals surface area contributed by atoms with E-state index in [1.807, 2.05) is 6.07 Å². The van der Waals surface area contributed by atoms with Crippen molar-refractivity contribution in [1.29, 1.82) is 0 Å². The molecule has 7 nitrogen and oxygen atoms in total. The van der Waals surface area contributed by atoms with Crippen molar-refractivity contribution in [1.82, 2.24) is 4.90 Å². The number of hydrogen-bond acceptors (Lipinski definition) is 4. The highest BCUT2D eigenvalue weighted by Crippen LogP contribution is 2.29. The van der Waals surface area contributed by atoms with Crippen LogP contribution in [0.1, 0.15) is 6.42 Å². The lowest BCUT2D eigenvalue weighted by molar-refractivity contribution is -0.119. The van der Waals surface area contributed by atoms with Crippen molar-refractivity contribution >= 4 is 34.9 Å². The third kappa shape index (κ3) is 4.85. The van der Waals surface area contributed by atoms with E-state index in [0.29, 0.717) is 22.0 Å². The van der Waals surface area contributed by atoms with Gasteiger partial charge in [-0.25, -0.2) is 4.79 Å². The number of carbonyl (C=O) groups is 2. The molecule has 1 aliphatic heterocycles. The molecule has 1 heterocycles. The Bertz CT molecular complexity index is 1120. The number of carbonyl (C=O) groups excluding carboxylic acids is 2. The van der Waals surface area contributed by atoms with Gasteiger partial charge in [-0.05, 0) is 48.0 Å². The van der Waals surface area contributed by atoms with Crippen molar-refractivity contribution in [3.8, 4) is 16.9 Å². The van der Waals surface area contributed by atoms with E-state index < -0.39 is 18.2 Å². The molecular formula is C24H22ClN3O4. The zero-order valence-electron chi connectivity index (χ0n) is 17.0. The van der Waals surface area contributed by atoms with Crippen molar-refractivity contribution in [3.05, 3.63) is 77.8 Å². The van der Waals surface area contributed by atoms with Crippen LogP contribution in [0, 0.1) is 0 Å². The lowest BCUT2D eigenvalue weighted by Crippen LogP contribution is -2.45. The number of hydrogen-bond donors (Lipinski definition) is 4. The number of amides is 3. The summed E-state index contributed by atoms with van der Waals surface area (Å²) in [4.78, 5) is 26.9. The molecule has 32 heavy (non-hydrogen) atoms. The van der Waals surface area contributed by atoms with Crippen LogP contribution in [0.2, 0.25) is 5.02 Å². The number of phenols is 1. The zero-order chi connectivity index (χ0) is 22.7. The largest absolute Gasteiger partial charge is 0.507 e. The standard InChI is InChI=1S/C24H22ClN3O4/c25-16-7-11-18(12-8-16)27-24(32)28-14-19(29)13-21(28)23(31)26-17-9-5-15(6-10-17)20-3-1-2-4-22(20)30/h1-12,19,21,29-30H,13-14H2,(H,26,31)(H,27,32)/t19-,21-/m1/s1. The average molecular weight is 452 g/mol. The van der Waals surface area contributed by atoms with E-state index in [1.165, 1.54) is 4.90 Å². The van der Waals surface area contributed by atoms with Gasteiger partial charge < -0.3 is 25.7 Å². The van der Waals surface area contributed by atoms with Crippen LogP contribution in [-0.2, 0) is 4.79 Å². The molecule has 1 aliphatic rings. The summed E-state index contributed by atoms with van der Waals surface area (Å²) in [5, 5.41) is 26.2. The predicted molar refractivity (Wildman–Crippen MR) is 124 cm³/mol. The van der Waals surface area contributed by atoms with Crippen molar-refractivity contribution < 1.29 is 19.8 Å². The molecule has 0 saturated carbocycles. The third-order valence-electron chi connectivity index (χ3n) is 5.31. The van der Waals surface area contributed by atoms with Crippen molar-refractivity contribution in [2.75, 3.05) is 17.2 Å².